The number of benzene rings is 1. The Hall–Kier alpha value is -2.42. The number of primary sulfonamides is 1. The van der Waals surface area contributed by atoms with Gasteiger partial charge in [-0.05, 0) is 36.8 Å². The summed E-state index contributed by atoms with van der Waals surface area (Å²) in [5.41, 5.74) is 2.36. The molecule has 0 atom stereocenters. The van der Waals surface area contributed by atoms with Crippen molar-refractivity contribution < 1.29 is 13.2 Å². The molecule has 0 saturated heterocycles. The molecule has 0 fully saturated rings. The molecule has 2 aromatic heterocycles. The van der Waals surface area contributed by atoms with Crippen LogP contribution in [-0.4, -0.2) is 23.7 Å². The third-order valence-corrected chi connectivity index (χ3v) is 4.83. The largest absolute Gasteiger partial charge is 0.347 e. The molecule has 130 valence electrons. The van der Waals surface area contributed by atoms with Crippen LogP contribution in [0.3, 0.4) is 0 Å². The fourth-order valence-electron chi connectivity index (χ4n) is 2.47. The van der Waals surface area contributed by atoms with E-state index in [4.69, 9.17) is 16.7 Å². The van der Waals surface area contributed by atoms with Gasteiger partial charge >= 0.3 is 0 Å². The molecule has 9 heteroatoms. The van der Waals surface area contributed by atoms with Gasteiger partial charge in [0.1, 0.15) is 11.3 Å². The van der Waals surface area contributed by atoms with Gasteiger partial charge in [0.05, 0.1) is 15.6 Å². The van der Waals surface area contributed by atoms with Gasteiger partial charge in [0.25, 0.3) is 5.91 Å². The van der Waals surface area contributed by atoms with Gasteiger partial charge in [-0.3, -0.25) is 9.20 Å². The summed E-state index contributed by atoms with van der Waals surface area (Å²) in [5, 5.41) is 8.34. The smallest absolute Gasteiger partial charge is 0.270 e. The van der Waals surface area contributed by atoms with E-state index in [-0.39, 0.29) is 17.3 Å². The van der Waals surface area contributed by atoms with Gasteiger partial charge in [0.2, 0.25) is 10.0 Å². The Morgan fingerprint density at radius 2 is 1.92 bits per heavy atom. The molecule has 0 aliphatic carbocycles. The molecule has 0 aliphatic rings. The van der Waals surface area contributed by atoms with E-state index in [0.29, 0.717) is 22.1 Å². The van der Waals surface area contributed by atoms with Crippen LogP contribution in [0.2, 0.25) is 5.02 Å². The average Bonchev–Trinajstić information content (AvgIpc) is 2.87. The molecular formula is C16H15ClN4O3S. The molecule has 3 N–H and O–H groups in total. The molecule has 0 saturated carbocycles. The highest BCUT2D eigenvalue weighted by molar-refractivity contribution is 7.89. The zero-order valence-electron chi connectivity index (χ0n) is 13.2. The maximum atomic E-state index is 12.5. The Morgan fingerprint density at radius 1 is 1.24 bits per heavy atom. The summed E-state index contributed by atoms with van der Waals surface area (Å²) in [6.07, 6.45) is 1.63. The number of carbonyl (C=O) groups excluding carboxylic acids is 1. The third-order valence-electron chi connectivity index (χ3n) is 3.68. The Bertz CT molecular complexity index is 1060. The number of pyridine rings is 1. The molecule has 1 amide bonds. The number of hydrogen-bond acceptors (Lipinski definition) is 4. The lowest BCUT2D eigenvalue weighted by atomic mass is 10.2. The van der Waals surface area contributed by atoms with E-state index in [1.807, 2.05) is 0 Å². The maximum absolute atomic E-state index is 12.5. The topological polar surface area (TPSA) is 107 Å². The van der Waals surface area contributed by atoms with Gasteiger partial charge < -0.3 is 5.32 Å². The standard InChI is InChI=1S/C16H15ClN4O3S/c1-10-15(21-9-12(17)4-7-14(21)20-10)16(22)19-8-11-2-5-13(6-3-11)25(18,23)24/h2-7,9H,8H2,1H3,(H,19,22)(H2,18,23,24). The fraction of sp³-hybridized carbons (Fsp3) is 0.125. The number of hydrogen-bond donors (Lipinski definition) is 2. The first kappa shape index (κ1) is 17.4. The number of carbonyl (C=O) groups is 1. The molecule has 25 heavy (non-hydrogen) atoms. The Labute approximate surface area is 149 Å². The molecule has 7 nitrogen and oxygen atoms in total. The van der Waals surface area contributed by atoms with Crippen LogP contribution in [0.5, 0.6) is 0 Å². The second-order valence-corrected chi connectivity index (χ2v) is 7.49. The SMILES string of the molecule is Cc1nc2ccc(Cl)cn2c1C(=O)NCc1ccc(S(N)(=O)=O)cc1. The summed E-state index contributed by atoms with van der Waals surface area (Å²) >= 11 is 5.99. The lowest BCUT2D eigenvalue weighted by Crippen LogP contribution is -2.25. The first-order chi connectivity index (χ1) is 11.8. The van der Waals surface area contributed by atoms with Crippen LogP contribution in [0.1, 0.15) is 21.7 Å². The third kappa shape index (κ3) is 3.65. The van der Waals surface area contributed by atoms with Crippen molar-refractivity contribution in [3.8, 4) is 0 Å². The van der Waals surface area contributed by atoms with Crippen molar-refractivity contribution in [1.29, 1.82) is 0 Å². The van der Waals surface area contributed by atoms with E-state index < -0.39 is 10.0 Å². The van der Waals surface area contributed by atoms with Crippen molar-refractivity contribution in [2.45, 2.75) is 18.4 Å². The summed E-state index contributed by atoms with van der Waals surface area (Å²) in [6, 6.07) is 9.43. The van der Waals surface area contributed by atoms with Gasteiger partial charge in [-0.25, -0.2) is 18.5 Å². The molecule has 3 rings (SSSR count). The number of rotatable bonds is 4. The van der Waals surface area contributed by atoms with Crippen LogP contribution < -0.4 is 10.5 Å². The zero-order valence-corrected chi connectivity index (χ0v) is 14.8. The summed E-state index contributed by atoms with van der Waals surface area (Å²) in [4.78, 5) is 16.9. The number of sulfonamides is 1. The molecule has 1 aromatic carbocycles. The normalized spacial score (nSPS) is 11.6. The van der Waals surface area contributed by atoms with E-state index >= 15 is 0 Å². The lowest BCUT2D eigenvalue weighted by molar-refractivity contribution is 0.0944. The van der Waals surface area contributed by atoms with Crippen LogP contribution in [0, 0.1) is 6.92 Å². The number of aromatic nitrogens is 2. The predicted octanol–water partition coefficient (Wildman–Crippen LogP) is 1.87. The Kier molecular flexibility index (Phi) is 4.51. The average molecular weight is 379 g/mol. The number of nitrogens with one attached hydrogen (secondary N) is 1. The summed E-state index contributed by atoms with van der Waals surface area (Å²) in [7, 11) is -3.73. The quantitative estimate of drug-likeness (QED) is 0.722. The summed E-state index contributed by atoms with van der Waals surface area (Å²) in [6.45, 7) is 1.98. The van der Waals surface area contributed by atoms with Crippen LogP contribution in [0.4, 0.5) is 0 Å². The van der Waals surface area contributed by atoms with Crippen LogP contribution in [0.25, 0.3) is 5.65 Å². The van der Waals surface area contributed by atoms with Gasteiger partial charge in [0.15, 0.2) is 0 Å². The number of nitrogens with zero attached hydrogens (tertiary/aromatic N) is 2. The molecule has 3 aromatic rings. The number of aryl methyl sites for hydroxylation is 1. The van der Waals surface area contributed by atoms with Crippen LogP contribution >= 0.6 is 11.6 Å². The summed E-state index contributed by atoms with van der Waals surface area (Å²) < 4.78 is 24.1. The highest BCUT2D eigenvalue weighted by Crippen LogP contribution is 2.16. The van der Waals surface area contributed by atoms with Crippen molar-refractivity contribution in [1.82, 2.24) is 14.7 Å². The number of halogens is 1. The van der Waals surface area contributed by atoms with Crippen molar-refractivity contribution in [2.75, 3.05) is 0 Å². The molecule has 0 unspecified atom stereocenters. The van der Waals surface area contributed by atoms with Gasteiger partial charge in [-0.15, -0.1) is 0 Å². The van der Waals surface area contributed by atoms with Crippen molar-refractivity contribution >= 4 is 33.2 Å². The number of amides is 1. The first-order valence-electron chi connectivity index (χ1n) is 7.30. The van der Waals surface area contributed by atoms with Crippen LogP contribution in [0.15, 0.2) is 47.5 Å². The molecule has 0 spiro atoms. The van der Waals surface area contributed by atoms with Gasteiger partial charge in [0, 0.05) is 12.7 Å². The molecule has 0 bridgehead atoms. The maximum Gasteiger partial charge on any atom is 0.270 e. The minimum atomic E-state index is -3.73. The molecule has 0 radical (unpaired) electrons. The minimum absolute atomic E-state index is 0.0230. The first-order valence-corrected chi connectivity index (χ1v) is 9.22. The fourth-order valence-corrected chi connectivity index (χ4v) is 3.15. The van der Waals surface area contributed by atoms with E-state index in [9.17, 15) is 13.2 Å². The predicted molar refractivity (Wildman–Crippen MR) is 93.9 cm³/mol. The van der Waals surface area contributed by atoms with E-state index in [2.05, 4.69) is 10.3 Å². The minimum Gasteiger partial charge on any atom is -0.347 e. The van der Waals surface area contributed by atoms with E-state index in [0.717, 1.165) is 5.56 Å². The van der Waals surface area contributed by atoms with Crippen LogP contribution in [-0.2, 0) is 16.6 Å². The molecule has 0 aliphatic heterocycles. The van der Waals surface area contributed by atoms with Crippen molar-refractivity contribution in [3.05, 3.63) is 64.6 Å². The zero-order chi connectivity index (χ0) is 18.2. The number of imidazole rings is 1. The molecule has 2 heterocycles. The highest BCUT2D eigenvalue weighted by atomic mass is 35.5. The van der Waals surface area contributed by atoms with Crippen molar-refractivity contribution in [2.24, 2.45) is 5.14 Å². The van der Waals surface area contributed by atoms with E-state index in [1.54, 1.807) is 41.8 Å². The van der Waals surface area contributed by atoms with Crippen molar-refractivity contribution in [3.63, 3.8) is 0 Å². The van der Waals surface area contributed by atoms with Gasteiger partial charge in [-0.1, -0.05) is 23.7 Å². The second-order valence-electron chi connectivity index (χ2n) is 5.49. The highest BCUT2D eigenvalue weighted by Gasteiger charge is 2.16. The second kappa shape index (κ2) is 6.47. The lowest BCUT2D eigenvalue weighted by Gasteiger charge is -2.07. The molecular weight excluding hydrogens is 364 g/mol. The number of fused-ring (bicyclic) bond motifs is 1. The summed E-state index contributed by atoms with van der Waals surface area (Å²) in [5.74, 6) is -0.303. The Balaban J connectivity index is 1.79. The van der Waals surface area contributed by atoms with Gasteiger partial charge in [-0.2, -0.15) is 0 Å². The van der Waals surface area contributed by atoms with E-state index in [1.165, 1.54) is 12.1 Å². The monoisotopic (exact) mass is 378 g/mol. The number of nitrogens with two attached hydrogens (primary N) is 1. The Morgan fingerprint density at radius 3 is 2.56 bits per heavy atom.